The molecule has 1 atom stereocenters. The molecule has 2 N–H and O–H groups in total. The zero-order valence-corrected chi connectivity index (χ0v) is 8.56. The average molecular weight is 208 g/mol. The van der Waals surface area contributed by atoms with Crippen LogP contribution < -0.4 is 11.5 Å². The lowest BCUT2D eigenvalue weighted by molar-refractivity contribution is 0.109. The minimum atomic E-state index is -0.500. The highest BCUT2D eigenvalue weighted by Gasteiger charge is 2.09. The summed E-state index contributed by atoms with van der Waals surface area (Å²) < 4.78 is 11.4. The summed E-state index contributed by atoms with van der Waals surface area (Å²) in [5.74, 6) is -0.381. The highest BCUT2D eigenvalue weighted by atomic mass is 16.5. The molecule has 0 aliphatic carbocycles. The number of methoxy groups -OCH3 is 1. The molecule has 1 aromatic carbocycles. The second kappa shape index (κ2) is 3.52. The predicted molar refractivity (Wildman–Crippen MR) is 55.4 cm³/mol. The third-order valence-corrected chi connectivity index (χ3v) is 2.40. The molecule has 5 heteroatoms. The number of aryl methyl sites for hydroxylation is 1. The lowest BCUT2D eigenvalue weighted by Crippen LogP contribution is -2.11. The maximum atomic E-state index is 11.2. The fraction of sp³-hybridized carbons (Fsp3) is 0.300. The van der Waals surface area contributed by atoms with Crippen molar-refractivity contribution in [1.29, 1.82) is 0 Å². The Balaban J connectivity index is 2.62. The van der Waals surface area contributed by atoms with E-state index < -0.39 is 6.23 Å². The molecule has 0 bridgehead atoms. The molecule has 2 aromatic rings. The molecule has 5 nitrogen and oxygen atoms in total. The molecule has 1 heterocycles. The standard InChI is InChI=1S/C10H12N2O3/c1-12-7-4-3-6(9(11)14-2)5-8(7)15-10(12)13/h3-5,9H,11H2,1-2H3. The van der Waals surface area contributed by atoms with E-state index >= 15 is 0 Å². The van der Waals surface area contributed by atoms with Gasteiger partial charge >= 0.3 is 5.76 Å². The van der Waals surface area contributed by atoms with E-state index in [1.54, 1.807) is 19.2 Å². The van der Waals surface area contributed by atoms with Crippen molar-refractivity contribution in [3.05, 3.63) is 34.3 Å². The highest BCUT2D eigenvalue weighted by molar-refractivity contribution is 5.73. The van der Waals surface area contributed by atoms with Crippen molar-refractivity contribution in [2.75, 3.05) is 7.11 Å². The van der Waals surface area contributed by atoms with Crippen LogP contribution in [0.4, 0.5) is 0 Å². The van der Waals surface area contributed by atoms with Crippen molar-refractivity contribution in [3.63, 3.8) is 0 Å². The van der Waals surface area contributed by atoms with E-state index in [1.165, 1.54) is 11.7 Å². The Hall–Kier alpha value is -1.59. The van der Waals surface area contributed by atoms with Crippen molar-refractivity contribution in [3.8, 4) is 0 Å². The molecule has 0 fully saturated rings. The number of rotatable bonds is 2. The number of nitrogens with two attached hydrogens (primary N) is 1. The van der Waals surface area contributed by atoms with Crippen LogP contribution in [-0.2, 0) is 11.8 Å². The smallest absolute Gasteiger partial charge is 0.408 e. The van der Waals surface area contributed by atoms with Crippen molar-refractivity contribution in [2.24, 2.45) is 12.8 Å². The van der Waals surface area contributed by atoms with Gasteiger partial charge in [-0.15, -0.1) is 0 Å². The summed E-state index contributed by atoms with van der Waals surface area (Å²) in [5.41, 5.74) is 7.72. The number of oxazole rings is 1. The lowest BCUT2D eigenvalue weighted by atomic mass is 10.2. The van der Waals surface area contributed by atoms with Gasteiger partial charge in [0, 0.05) is 14.2 Å². The van der Waals surface area contributed by atoms with Crippen molar-refractivity contribution >= 4 is 11.1 Å². The molecule has 2 rings (SSSR count). The van der Waals surface area contributed by atoms with E-state index in [2.05, 4.69) is 0 Å². The first-order valence-corrected chi connectivity index (χ1v) is 4.51. The van der Waals surface area contributed by atoms with E-state index in [9.17, 15) is 4.79 Å². The molecular formula is C10H12N2O3. The number of ether oxygens (including phenoxy) is 1. The molecule has 0 spiro atoms. The van der Waals surface area contributed by atoms with Crippen LogP contribution in [0.5, 0.6) is 0 Å². The van der Waals surface area contributed by atoms with Gasteiger partial charge in [-0.1, -0.05) is 6.07 Å². The molecule has 80 valence electrons. The predicted octanol–water partition coefficient (Wildman–Crippen LogP) is 0.735. The molecule has 1 unspecified atom stereocenters. The van der Waals surface area contributed by atoms with Gasteiger partial charge in [-0.05, 0) is 17.7 Å². The minimum absolute atomic E-state index is 0.381. The summed E-state index contributed by atoms with van der Waals surface area (Å²) >= 11 is 0. The molecule has 0 saturated heterocycles. The zero-order valence-electron chi connectivity index (χ0n) is 8.56. The maximum absolute atomic E-state index is 11.2. The number of fused-ring (bicyclic) bond motifs is 1. The van der Waals surface area contributed by atoms with Crippen molar-refractivity contribution in [2.45, 2.75) is 6.23 Å². The topological polar surface area (TPSA) is 70.4 Å². The Labute approximate surface area is 86.0 Å². The first kappa shape index (κ1) is 9.95. The molecular weight excluding hydrogens is 196 g/mol. The van der Waals surface area contributed by atoms with Gasteiger partial charge < -0.3 is 14.9 Å². The fourth-order valence-electron chi connectivity index (χ4n) is 1.46. The number of aromatic nitrogens is 1. The monoisotopic (exact) mass is 208 g/mol. The van der Waals surface area contributed by atoms with Crippen LogP contribution in [0, 0.1) is 0 Å². The summed E-state index contributed by atoms with van der Waals surface area (Å²) in [7, 11) is 3.18. The number of nitrogens with zero attached hydrogens (tertiary/aromatic N) is 1. The molecule has 0 aliphatic heterocycles. The second-order valence-electron chi connectivity index (χ2n) is 3.31. The van der Waals surface area contributed by atoms with E-state index in [0.29, 0.717) is 5.58 Å². The van der Waals surface area contributed by atoms with Crippen LogP contribution in [0.15, 0.2) is 27.4 Å². The Kier molecular flexibility index (Phi) is 2.34. The molecule has 1 aromatic heterocycles. The van der Waals surface area contributed by atoms with Crippen LogP contribution in [0.25, 0.3) is 11.1 Å². The van der Waals surface area contributed by atoms with Crippen molar-refractivity contribution < 1.29 is 9.15 Å². The molecule has 0 amide bonds. The first-order valence-electron chi connectivity index (χ1n) is 4.51. The van der Waals surface area contributed by atoms with Gasteiger partial charge in [0.1, 0.15) is 6.23 Å². The third-order valence-electron chi connectivity index (χ3n) is 2.40. The van der Waals surface area contributed by atoms with Crippen LogP contribution in [0.3, 0.4) is 0 Å². The van der Waals surface area contributed by atoms with Crippen LogP contribution >= 0.6 is 0 Å². The number of hydrogen-bond acceptors (Lipinski definition) is 4. The number of benzene rings is 1. The van der Waals surface area contributed by atoms with Crippen LogP contribution in [0.2, 0.25) is 0 Å². The Morgan fingerprint density at radius 2 is 2.27 bits per heavy atom. The minimum Gasteiger partial charge on any atom is -0.408 e. The van der Waals surface area contributed by atoms with Gasteiger partial charge in [-0.3, -0.25) is 4.57 Å². The summed E-state index contributed by atoms with van der Waals surface area (Å²) in [6, 6.07) is 5.31. The molecule has 0 radical (unpaired) electrons. The Morgan fingerprint density at radius 3 is 2.93 bits per heavy atom. The Morgan fingerprint density at radius 1 is 1.53 bits per heavy atom. The summed E-state index contributed by atoms with van der Waals surface area (Å²) in [6.07, 6.45) is -0.500. The normalized spacial score (nSPS) is 13.3. The van der Waals surface area contributed by atoms with E-state index in [-0.39, 0.29) is 5.76 Å². The van der Waals surface area contributed by atoms with E-state index in [0.717, 1.165) is 11.1 Å². The van der Waals surface area contributed by atoms with Crippen LogP contribution in [0.1, 0.15) is 11.8 Å². The van der Waals surface area contributed by atoms with Gasteiger partial charge in [-0.25, -0.2) is 4.79 Å². The summed E-state index contributed by atoms with van der Waals surface area (Å²) in [6.45, 7) is 0. The second-order valence-corrected chi connectivity index (χ2v) is 3.31. The average Bonchev–Trinajstić information content (AvgIpc) is 2.53. The largest absolute Gasteiger partial charge is 0.419 e. The quantitative estimate of drug-likeness (QED) is 0.739. The highest BCUT2D eigenvalue weighted by Crippen LogP contribution is 2.18. The molecule has 0 aliphatic rings. The zero-order chi connectivity index (χ0) is 11.0. The van der Waals surface area contributed by atoms with Gasteiger partial charge in [-0.2, -0.15) is 0 Å². The van der Waals surface area contributed by atoms with Gasteiger partial charge in [0.05, 0.1) is 5.52 Å². The lowest BCUT2D eigenvalue weighted by Gasteiger charge is -2.08. The van der Waals surface area contributed by atoms with Gasteiger partial charge in [0.2, 0.25) is 0 Å². The molecule has 15 heavy (non-hydrogen) atoms. The first-order chi connectivity index (χ1) is 7.13. The maximum Gasteiger partial charge on any atom is 0.419 e. The van der Waals surface area contributed by atoms with Gasteiger partial charge in [0.25, 0.3) is 0 Å². The number of hydrogen-bond donors (Lipinski definition) is 1. The molecule has 0 saturated carbocycles. The third kappa shape index (κ3) is 1.55. The van der Waals surface area contributed by atoms with Crippen molar-refractivity contribution in [1.82, 2.24) is 4.57 Å². The van der Waals surface area contributed by atoms with Crippen LogP contribution in [-0.4, -0.2) is 11.7 Å². The van der Waals surface area contributed by atoms with E-state index in [1.807, 2.05) is 6.07 Å². The summed E-state index contributed by atoms with van der Waals surface area (Å²) in [5, 5.41) is 0. The van der Waals surface area contributed by atoms with E-state index in [4.69, 9.17) is 14.9 Å². The summed E-state index contributed by atoms with van der Waals surface area (Å²) in [4.78, 5) is 11.2. The SMILES string of the molecule is COC(N)c1ccc2c(c1)oc(=O)n2C. The fourth-order valence-corrected chi connectivity index (χ4v) is 1.46. The Bertz CT molecular complexity index is 541. The van der Waals surface area contributed by atoms with Gasteiger partial charge in [0.15, 0.2) is 5.58 Å².